The maximum absolute atomic E-state index is 8.90. The lowest BCUT2D eigenvalue weighted by Crippen LogP contribution is -2.15. The molecule has 0 saturated carbocycles. The molecule has 0 aliphatic rings. The Morgan fingerprint density at radius 3 is 2.67 bits per heavy atom. The van der Waals surface area contributed by atoms with E-state index in [0.29, 0.717) is 28.6 Å². The molecule has 0 amide bonds. The van der Waals surface area contributed by atoms with Crippen LogP contribution in [0.25, 0.3) is 0 Å². The summed E-state index contributed by atoms with van der Waals surface area (Å²) in [6, 6.07) is 5.57. The number of hydrogen-bond donors (Lipinski definition) is 2. The molecule has 3 N–H and O–H groups in total. The van der Waals surface area contributed by atoms with Crippen LogP contribution in [0.15, 0.2) is 23.4 Å². The fourth-order valence-electron chi connectivity index (χ4n) is 2.06. The number of rotatable bonds is 4. The van der Waals surface area contributed by atoms with E-state index in [1.54, 1.807) is 27.1 Å². The molecule has 2 rings (SSSR count). The van der Waals surface area contributed by atoms with Crippen LogP contribution in [-0.2, 0) is 7.05 Å². The monoisotopic (exact) mass is 290 g/mol. The third-order valence-electron chi connectivity index (χ3n) is 3.06. The highest BCUT2D eigenvalue weighted by Crippen LogP contribution is 2.34. The lowest BCUT2D eigenvalue weighted by molar-refractivity contribution is 0.318. The minimum Gasteiger partial charge on any atom is -0.493 e. The standard InChI is InChI=1S/C14H18N4O3/c1-8-5-6-10(11(7-8)20-4)21-14-12(13(15)17-19)9(2)16-18(14)3/h5-7,19H,1-4H3,(H2,15,17). The predicted octanol–water partition coefficient (Wildman–Crippen LogP) is 1.93. The van der Waals surface area contributed by atoms with Crippen LogP contribution in [0.5, 0.6) is 17.4 Å². The van der Waals surface area contributed by atoms with Crippen LogP contribution in [0, 0.1) is 13.8 Å². The Kier molecular flexibility index (Phi) is 4.02. The van der Waals surface area contributed by atoms with Crippen LogP contribution in [0.4, 0.5) is 0 Å². The first-order valence-electron chi connectivity index (χ1n) is 6.32. The molecule has 7 heteroatoms. The Bertz CT molecular complexity index is 692. The van der Waals surface area contributed by atoms with Crippen molar-refractivity contribution in [3.63, 3.8) is 0 Å². The molecule has 1 heterocycles. The van der Waals surface area contributed by atoms with E-state index < -0.39 is 0 Å². The average molecular weight is 290 g/mol. The number of benzene rings is 1. The molecule has 0 radical (unpaired) electrons. The molecule has 0 saturated heterocycles. The fourth-order valence-corrected chi connectivity index (χ4v) is 2.06. The number of oxime groups is 1. The van der Waals surface area contributed by atoms with Gasteiger partial charge in [0.25, 0.3) is 0 Å². The van der Waals surface area contributed by atoms with E-state index in [1.165, 1.54) is 4.68 Å². The number of aromatic nitrogens is 2. The third-order valence-corrected chi connectivity index (χ3v) is 3.06. The van der Waals surface area contributed by atoms with Gasteiger partial charge in [-0.05, 0) is 31.5 Å². The molecule has 21 heavy (non-hydrogen) atoms. The number of hydrogen-bond acceptors (Lipinski definition) is 5. The first-order valence-corrected chi connectivity index (χ1v) is 6.32. The molecule has 7 nitrogen and oxygen atoms in total. The largest absolute Gasteiger partial charge is 0.493 e. The number of nitrogens with zero attached hydrogens (tertiary/aromatic N) is 3. The lowest BCUT2D eigenvalue weighted by atomic mass is 10.2. The molecular weight excluding hydrogens is 272 g/mol. The lowest BCUT2D eigenvalue weighted by Gasteiger charge is -2.12. The molecule has 112 valence electrons. The van der Waals surface area contributed by atoms with Gasteiger partial charge < -0.3 is 20.4 Å². The second-order valence-corrected chi connectivity index (χ2v) is 4.63. The summed E-state index contributed by atoms with van der Waals surface area (Å²) in [5, 5.41) is 16.1. The Balaban J connectivity index is 2.50. The molecule has 0 aliphatic carbocycles. The molecule has 0 aliphatic heterocycles. The molecule has 1 aromatic carbocycles. The van der Waals surface area contributed by atoms with Crippen molar-refractivity contribution in [1.82, 2.24) is 9.78 Å². The summed E-state index contributed by atoms with van der Waals surface area (Å²) in [6.45, 7) is 3.72. The number of methoxy groups -OCH3 is 1. The first kappa shape index (κ1) is 14.7. The summed E-state index contributed by atoms with van der Waals surface area (Å²) in [6.07, 6.45) is 0. The molecular formula is C14H18N4O3. The number of amidine groups is 1. The molecule has 0 spiro atoms. The topological polar surface area (TPSA) is 94.9 Å². The molecule has 0 atom stereocenters. The van der Waals surface area contributed by atoms with Crippen LogP contribution in [0.2, 0.25) is 0 Å². The van der Waals surface area contributed by atoms with E-state index in [1.807, 2.05) is 19.1 Å². The van der Waals surface area contributed by atoms with E-state index >= 15 is 0 Å². The molecule has 1 aromatic heterocycles. The zero-order valence-electron chi connectivity index (χ0n) is 12.4. The van der Waals surface area contributed by atoms with Gasteiger partial charge in [-0.3, -0.25) is 0 Å². The van der Waals surface area contributed by atoms with Crippen molar-refractivity contribution in [2.75, 3.05) is 7.11 Å². The van der Waals surface area contributed by atoms with Gasteiger partial charge in [-0.1, -0.05) is 11.2 Å². The average Bonchev–Trinajstić information content (AvgIpc) is 2.74. The molecule has 0 unspecified atom stereocenters. The van der Waals surface area contributed by atoms with Crippen molar-refractivity contribution in [2.45, 2.75) is 13.8 Å². The Morgan fingerprint density at radius 2 is 2.05 bits per heavy atom. The van der Waals surface area contributed by atoms with Gasteiger partial charge in [0.2, 0.25) is 5.88 Å². The van der Waals surface area contributed by atoms with Gasteiger partial charge in [0.05, 0.1) is 12.8 Å². The highest BCUT2D eigenvalue weighted by Gasteiger charge is 2.20. The van der Waals surface area contributed by atoms with E-state index in [4.69, 9.17) is 20.4 Å². The summed E-state index contributed by atoms with van der Waals surface area (Å²) in [5.74, 6) is 1.45. The first-order chi connectivity index (χ1) is 9.97. The number of nitrogens with two attached hydrogens (primary N) is 1. The van der Waals surface area contributed by atoms with E-state index in [0.717, 1.165) is 5.56 Å². The second-order valence-electron chi connectivity index (χ2n) is 4.63. The zero-order valence-corrected chi connectivity index (χ0v) is 12.4. The number of ether oxygens (including phenoxy) is 2. The van der Waals surface area contributed by atoms with Crippen LogP contribution in [0.3, 0.4) is 0 Å². The summed E-state index contributed by atoms with van der Waals surface area (Å²) in [7, 11) is 3.29. The minimum absolute atomic E-state index is 0.0540. The highest BCUT2D eigenvalue weighted by molar-refractivity contribution is 6.00. The van der Waals surface area contributed by atoms with Gasteiger partial charge in [0, 0.05) is 7.05 Å². The van der Waals surface area contributed by atoms with Crippen molar-refractivity contribution in [3.8, 4) is 17.4 Å². The van der Waals surface area contributed by atoms with Gasteiger partial charge in [-0.2, -0.15) is 5.10 Å². The van der Waals surface area contributed by atoms with Gasteiger partial charge in [0.15, 0.2) is 17.3 Å². The van der Waals surface area contributed by atoms with Crippen molar-refractivity contribution in [3.05, 3.63) is 35.0 Å². The molecule has 0 bridgehead atoms. The fraction of sp³-hybridized carbons (Fsp3) is 0.286. The molecule has 2 aromatic rings. The van der Waals surface area contributed by atoms with Crippen LogP contribution < -0.4 is 15.2 Å². The van der Waals surface area contributed by atoms with Gasteiger partial charge in [-0.15, -0.1) is 0 Å². The van der Waals surface area contributed by atoms with E-state index in [-0.39, 0.29) is 5.84 Å². The quantitative estimate of drug-likeness (QED) is 0.388. The number of aryl methyl sites for hydroxylation is 3. The predicted molar refractivity (Wildman–Crippen MR) is 78.3 cm³/mol. The molecule has 0 fully saturated rings. The third kappa shape index (κ3) is 2.76. The van der Waals surface area contributed by atoms with Gasteiger partial charge in [-0.25, -0.2) is 4.68 Å². The summed E-state index contributed by atoms with van der Waals surface area (Å²) in [4.78, 5) is 0. The van der Waals surface area contributed by atoms with Crippen LogP contribution in [-0.4, -0.2) is 27.9 Å². The SMILES string of the molecule is COc1cc(C)ccc1Oc1c(C(N)=NO)c(C)nn1C. The van der Waals surface area contributed by atoms with E-state index in [2.05, 4.69) is 10.3 Å². The smallest absolute Gasteiger partial charge is 0.229 e. The van der Waals surface area contributed by atoms with Crippen molar-refractivity contribution in [1.29, 1.82) is 0 Å². The maximum Gasteiger partial charge on any atom is 0.229 e. The van der Waals surface area contributed by atoms with Gasteiger partial charge in [0.1, 0.15) is 5.56 Å². The van der Waals surface area contributed by atoms with Gasteiger partial charge >= 0.3 is 0 Å². The second kappa shape index (κ2) is 5.74. The van der Waals surface area contributed by atoms with Crippen molar-refractivity contribution >= 4 is 5.84 Å². The highest BCUT2D eigenvalue weighted by atomic mass is 16.5. The van der Waals surface area contributed by atoms with Crippen molar-refractivity contribution in [2.24, 2.45) is 17.9 Å². The Hall–Kier alpha value is -2.70. The van der Waals surface area contributed by atoms with E-state index in [9.17, 15) is 0 Å². The minimum atomic E-state index is -0.0540. The Labute approximate surface area is 122 Å². The Morgan fingerprint density at radius 1 is 1.33 bits per heavy atom. The van der Waals surface area contributed by atoms with Crippen LogP contribution >= 0.6 is 0 Å². The normalized spacial score (nSPS) is 11.5. The van der Waals surface area contributed by atoms with Crippen molar-refractivity contribution < 1.29 is 14.7 Å². The zero-order chi connectivity index (χ0) is 15.6. The summed E-state index contributed by atoms with van der Waals surface area (Å²) >= 11 is 0. The summed E-state index contributed by atoms with van der Waals surface area (Å²) < 4.78 is 12.7. The van der Waals surface area contributed by atoms with Crippen LogP contribution in [0.1, 0.15) is 16.8 Å². The maximum atomic E-state index is 8.90. The summed E-state index contributed by atoms with van der Waals surface area (Å²) in [5.41, 5.74) is 7.80.